The molecule has 1 atom stereocenters. The first-order chi connectivity index (χ1) is 12.6. The summed E-state index contributed by atoms with van der Waals surface area (Å²) in [6, 6.07) is 2.19. The number of fused-ring (bicyclic) bond motifs is 1. The van der Waals surface area contributed by atoms with E-state index in [2.05, 4.69) is 42.0 Å². The molecule has 0 saturated heterocycles. The molecule has 27 heavy (non-hydrogen) atoms. The van der Waals surface area contributed by atoms with E-state index in [1.807, 2.05) is 26.8 Å². The lowest BCUT2D eigenvalue weighted by Crippen LogP contribution is -2.42. The number of H-pyrrole nitrogens is 1. The summed E-state index contributed by atoms with van der Waals surface area (Å²) in [5, 5.41) is 20.3. The van der Waals surface area contributed by atoms with Gasteiger partial charge >= 0.3 is 0 Å². The molecule has 0 radical (unpaired) electrons. The van der Waals surface area contributed by atoms with Crippen LogP contribution in [0.15, 0.2) is 47.2 Å². The maximum Gasteiger partial charge on any atom is 0.162 e. The highest BCUT2D eigenvalue weighted by Crippen LogP contribution is 2.53. The van der Waals surface area contributed by atoms with Crippen molar-refractivity contribution in [1.82, 2.24) is 10.2 Å². The van der Waals surface area contributed by atoms with Gasteiger partial charge in [0, 0.05) is 28.9 Å². The van der Waals surface area contributed by atoms with E-state index in [0.29, 0.717) is 17.6 Å². The number of ketones is 1. The number of anilines is 1. The summed E-state index contributed by atoms with van der Waals surface area (Å²) < 4.78 is 0. The highest BCUT2D eigenvalue weighted by Gasteiger charge is 2.49. The summed E-state index contributed by atoms with van der Waals surface area (Å²) in [6.07, 6.45) is 6.61. The molecule has 0 aromatic carbocycles. The third kappa shape index (κ3) is 2.95. The molecule has 0 saturated carbocycles. The first kappa shape index (κ1) is 18.9. The van der Waals surface area contributed by atoms with Crippen molar-refractivity contribution in [1.29, 1.82) is 5.26 Å². The molecule has 2 aliphatic rings. The molecule has 0 fully saturated rings. The van der Waals surface area contributed by atoms with Crippen molar-refractivity contribution in [3.05, 3.63) is 58.5 Å². The van der Waals surface area contributed by atoms with Gasteiger partial charge in [0.2, 0.25) is 0 Å². The number of Topliss-reactive ketones (excluding diaryl/α,β-unsaturated/α-hetero) is 1. The standard InChI is InChI=1S/C22H26N4O/c1-7-8-15(12-23)9-13(2)22(6)18-14(3)25-26-20(18)24-16-10-21(4,5)11-17(27)19(16)22/h7-9H,2,10-11H2,1,3-6H3,(H2,24,25,26)/b8-7-,15-9+/t22-/m0/s1. The lowest BCUT2D eigenvalue weighted by molar-refractivity contribution is -0.118. The molecular weight excluding hydrogens is 336 g/mol. The Hall–Kier alpha value is -2.87. The topological polar surface area (TPSA) is 81.6 Å². The second-order valence-corrected chi connectivity index (χ2v) is 8.35. The normalized spacial score (nSPS) is 24.3. The van der Waals surface area contributed by atoms with Gasteiger partial charge in [0.1, 0.15) is 0 Å². The molecule has 1 aliphatic heterocycles. The predicted molar refractivity (Wildman–Crippen MR) is 107 cm³/mol. The zero-order chi connectivity index (χ0) is 20.0. The fourth-order valence-corrected chi connectivity index (χ4v) is 4.36. The molecule has 2 N–H and O–H groups in total. The molecule has 0 spiro atoms. The van der Waals surface area contributed by atoms with Gasteiger partial charge in [0.25, 0.3) is 0 Å². The van der Waals surface area contributed by atoms with Gasteiger partial charge in [-0.1, -0.05) is 26.5 Å². The largest absolute Gasteiger partial charge is 0.342 e. The number of aryl methyl sites for hydroxylation is 1. The number of carbonyl (C=O) groups excluding carboxylic acids is 1. The summed E-state index contributed by atoms with van der Waals surface area (Å²) in [6.45, 7) is 14.3. The van der Waals surface area contributed by atoms with Gasteiger partial charge in [-0.15, -0.1) is 0 Å². The first-order valence-electron chi connectivity index (χ1n) is 9.17. The molecule has 1 aliphatic carbocycles. The van der Waals surface area contributed by atoms with Gasteiger partial charge in [-0.3, -0.25) is 9.89 Å². The average Bonchev–Trinajstić information content (AvgIpc) is 2.94. The van der Waals surface area contributed by atoms with Gasteiger partial charge < -0.3 is 5.32 Å². The summed E-state index contributed by atoms with van der Waals surface area (Å²) in [7, 11) is 0. The number of rotatable bonds is 3. The van der Waals surface area contributed by atoms with Gasteiger partial charge in [-0.25, -0.2) is 0 Å². The van der Waals surface area contributed by atoms with E-state index in [4.69, 9.17) is 0 Å². The Balaban J connectivity index is 2.25. The number of aromatic nitrogens is 2. The lowest BCUT2D eigenvalue weighted by Gasteiger charge is -2.44. The molecule has 0 unspecified atom stereocenters. The van der Waals surface area contributed by atoms with Gasteiger partial charge in [-0.2, -0.15) is 10.4 Å². The maximum absolute atomic E-state index is 13.2. The number of nitrogens with zero attached hydrogens (tertiary/aromatic N) is 2. The van der Waals surface area contributed by atoms with Crippen molar-refractivity contribution >= 4 is 11.6 Å². The van der Waals surface area contributed by atoms with Crippen LogP contribution in [0.1, 0.15) is 51.8 Å². The zero-order valence-corrected chi connectivity index (χ0v) is 16.7. The van der Waals surface area contributed by atoms with Crippen molar-refractivity contribution < 1.29 is 4.79 Å². The van der Waals surface area contributed by atoms with Crippen LogP contribution in [0.3, 0.4) is 0 Å². The number of aromatic amines is 1. The number of nitriles is 1. The molecule has 1 aromatic heterocycles. The Kier molecular flexibility index (Phi) is 4.47. The summed E-state index contributed by atoms with van der Waals surface area (Å²) >= 11 is 0. The van der Waals surface area contributed by atoms with Crippen molar-refractivity contribution in [2.24, 2.45) is 5.41 Å². The van der Waals surface area contributed by atoms with Crippen LogP contribution in [0.5, 0.6) is 0 Å². The first-order valence-corrected chi connectivity index (χ1v) is 9.17. The smallest absolute Gasteiger partial charge is 0.162 e. The van der Waals surface area contributed by atoms with Crippen LogP contribution in [-0.4, -0.2) is 16.0 Å². The maximum atomic E-state index is 13.2. The van der Waals surface area contributed by atoms with Crippen LogP contribution in [0.4, 0.5) is 5.82 Å². The Bertz CT molecular complexity index is 965. The van der Waals surface area contributed by atoms with Gasteiger partial charge in [0.05, 0.1) is 17.1 Å². The van der Waals surface area contributed by atoms with E-state index < -0.39 is 5.41 Å². The zero-order valence-electron chi connectivity index (χ0n) is 16.7. The number of allylic oxidation sites excluding steroid dienone is 7. The van der Waals surface area contributed by atoms with Gasteiger partial charge in [-0.05, 0) is 50.3 Å². The van der Waals surface area contributed by atoms with E-state index in [0.717, 1.165) is 34.8 Å². The van der Waals surface area contributed by atoms with Crippen molar-refractivity contribution in [3.8, 4) is 6.07 Å². The van der Waals surface area contributed by atoms with Gasteiger partial charge in [0.15, 0.2) is 11.6 Å². The van der Waals surface area contributed by atoms with Crippen molar-refractivity contribution in [2.75, 3.05) is 5.32 Å². The van der Waals surface area contributed by atoms with E-state index in [9.17, 15) is 10.1 Å². The minimum Gasteiger partial charge on any atom is -0.342 e. The minimum atomic E-state index is -0.732. The molecule has 5 nitrogen and oxygen atoms in total. The Morgan fingerprint density at radius 1 is 1.33 bits per heavy atom. The molecule has 5 heteroatoms. The van der Waals surface area contributed by atoms with Crippen LogP contribution in [0.25, 0.3) is 0 Å². The van der Waals surface area contributed by atoms with Crippen LogP contribution in [0.2, 0.25) is 0 Å². The highest BCUT2D eigenvalue weighted by molar-refractivity contribution is 6.03. The SMILES string of the molecule is C=C(/C=C(C#N)\C=C/C)[C@]1(C)C2=C(CC(C)(C)CC2=O)Nc2n[nH]c(C)c21. The summed E-state index contributed by atoms with van der Waals surface area (Å²) in [5.74, 6) is 0.861. The summed E-state index contributed by atoms with van der Waals surface area (Å²) in [4.78, 5) is 13.2. The molecule has 140 valence electrons. The number of hydrogen-bond acceptors (Lipinski definition) is 4. The monoisotopic (exact) mass is 362 g/mol. The van der Waals surface area contributed by atoms with Crippen LogP contribution in [-0.2, 0) is 10.2 Å². The number of hydrogen-bond donors (Lipinski definition) is 2. The Morgan fingerprint density at radius 3 is 2.67 bits per heavy atom. The Labute approximate surface area is 160 Å². The average molecular weight is 362 g/mol. The highest BCUT2D eigenvalue weighted by atomic mass is 16.1. The third-order valence-electron chi connectivity index (χ3n) is 5.54. The van der Waals surface area contributed by atoms with Crippen LogP contribution >= 0.6 is 0 Å². The second kappa shape index (κ2) is 6.38. The fourth-order valence-electron chi connectivity index (χ4n) is 4.36. The predicted octanol–water partition coefficient (Wildman–Crippen LogP) is 4.63. The van der Waals surface area contributed by atoms with E-state index in [1.165, 1.54) is 0 Å². The molecule has 2 heterocycles. The Morgan fingerprint density at radius 2 is 2.04 bits per heavy atom. The fraction of sp³-hybridized carbons (Fsp3) is 0.409. The van der Waals surface area contributed by atoms with Crippen molar-refractivity contribution in [2.45, 2.75) is 52.9 Å². The molecule has 0 bridgehead atoms. The van der Waals surface area contributed by atoms with E-state index >= 15 is 0 Å². The summed E-state index contributed by atoms with van der Waals surface area (Å²) in [5.41, 5.74) is 3.86. The number of nitrogens with one attached hydrogen (secondary N) is 2. The molecule has 0 amide bonds. The van der Waals surface area contributed by atoms with E-state index in [1.54, 1.807) is 12.2 Å². The quantitative estimate of drug-likeness (QED) is 0.607. The lowest BCUT2D eigenvalue weighted by atomic mass is 9.61. The molecular formula is C22H26N4O. The van der Waals surface area contributed by atoms with Crippen molar-refractivity contribution in [3.63, 3.8) is 0 Å². The molecule has 3 rings (SSSR count). The number of carbonyl (C=O) groups is 1. The second-order valence-electron chi connectivity index (χ2n) is 8.35. The minimum absolute atomic E-state index is 0.105. The third-order valence-corrected chi connectivity index (χ3v) is 5.54. The van der Waals surface area contributed by atoms with Crippen LogP contribution in [0, 0.1) is 23.7 Å². The molecule has 1 aromatic rings. The van der Waals surface area contributed by atoms with Crippen LogP contribution < -0.4 is 5.32 Å². The van der Waals surface area contributed by atoms with E-state index in [-0.39, 0.29) is 11.2 Å².